The van der Waals surface area contributed by atoms with Crippen molar-refractivity contribution in [3.05, 3.63) is 46.7 Å². The molecule has 1 aromatic carbocycles. The summed E-state index contributed by atoms with van der Waals surface area (Å²) in [6.45, 7) is 0.495. The number of ether oxygens (including phenoxy) is 1. The smallest absolute Gasteiger partial charge is 0.276 e. The topological polar surface area (TPSA) is 113 Å². The van der Waals surface area contributed by atoms with Gasteiger partial charge in [0.05, 0.1) is 11.6 Å². The largest absolute Gasteiger partial charge is 0.419 e. The molecule has 0 fully saturated rings. The SMILES string of the molecule is CN1COCN(C)c2nc(Cl)n(Cc3nnc(-c4ccc(C#N)cc4)o3)c2C1=O. The van der Waals surface area contributed by atoms with Gasteiger partial charge in [-0.2, -0.15) is 10.2 Å². The molecule has 2 aromatic heterocycles. The third kappa shape index (κ3) is 3.53. The van der Waals surface area contributed by atoms with Crippen molar-refractivity contribution in [3.63, 3.8) is 0 Å². The van der Waals surface area contributed by atoms with Gasteiger partial charge in [-0.15, -0.1) is 10.2 Å². The van der Waals surface area contributed by atoms with Crippen LogP contribution in [0.1, 0.15) is 21.9 Å². The van der Waals surface area contributed by atoms with Crippen LogP contribution in [0.5, 0.6) is 0 Å². The van der Waals surface area contributed by atoms with Gasteiger partial charge in [-0.1, -0.05) is 0 Å². The molecule has 0 saturated heterocycles. The molecule has 148 valence electrons. The average molecular weight is 414 g/mol. The van der Waals surface area contributed by atoms with Crippen molar-refractivity contribution in [2.24, 2.45) is 0 Å². The Morgan fingerprint density at radius 3 is 2.62 bits per heavy atom. The van der Waals surface area contributed by atoms with Crippen LogP contribution in [-0.2, 0) is 11.3 Å². The number of benzene rings is 1. The monoisotopic (exact) mass is 413 g/mol. The molecule has 1 aliphatic rings. The molecule has 0 radical (unpaired) electrons. The van der Waals surface area contributed by atoms with E-state index in [9.17, 15) is 4.79 Å². The van der Waals surface area contributed by atoms with Gasteiger partial charge in [0.1, 0.15) is 20.0 Å². The van der Waals surface area contributed by atoms with Gasteiger partial charge in [-0.25, -0.2) is 0 Å². The van der Waals surface area contributed by atoms with E-state index >= 15 is 0 Å². The average Bonchev–Trinajstić information content (AvgIpc) is 3.32. The summed E-state index contributed by atoms with van der Waals surface area (Å²) in [6.07, 6.45) is 0. The zero-order valence-electron chi connectivity index (χ0n) is 15.7. The molecular weight excluding hydrogens is 398 g/mol. The molecule has 0 atom stereocenters. The van der Waals surface area contributed by atoms with E-state index in [4.69, 9.17) is 26.0 Å². The van der Waals surface area contributed by atoms with Gasteiger partial charge in [0.25, 0.3) is 5.91 Å². The first kappa shape index (κ1) is 18.9. The van der Waals surface area contributed by atoms with Crippen LogP contribution in [0.15, 0.2) is 28.7 Å². The molecule has 1 amide bonds. The van der Waals surface area contributed by atoms with Crippen LogP contribution < -0.4 is 4.90 Å². The lowest BCUT2D eigenvalue weighted by Gasteiger charge is -2.26. The van der Waals surface area contributed by atoms with Crippen molar-refractivity contribution in [1.82, 2.24) is 24.6 Å². The highest BCUT2D eigenvalue weighted by molar-refractivity contribution is 6.29. The molecule has 0 saturated carbocycles. The van der Waals surface area contributed by atoms with Crippen LogP contribution >= 0.6 is 11.6 Å². The standard InChI is InChI=1S/C18H16ClN7O3/c1-24-9-28-10-25(2)17(27)14-15(24)21-18(19)26(14)8-13-22-23-16(29-13)12-5-3-11(7-20)4-6-12/h3-6H,8-10H2,1-2H3. The number of aromatic nitrogens is 4. The second kappa shape index (κ2) is 7.54. The molecule has 4 rings (SSSR count). The van der Waals surface area contributed by atoms with Crippen molar-refractivity contribution in [2.45, 2.75) is 6.54 Å². The van der Waals surface area contributed by atoms with Crippen molar-refractivity contribution in [2.75, 3.05) is 32.5 Å². The summed E-state index contributed by atoms with van der Waals surface area (Å²) in [5, 5.41) is 17.1. The number of imidazole rings is 1. The van der Waals surface area contributed by atoms with E-state index in [1.807, 2.05) is 0 Å². The first-order valence-corrected chi connectivity index (χ1v) is 8.99. The van der Waals surface area contributed by atoms with Crippen molar-refractivity contribution < 1.29 is 13.9 Å². The zero-order chi connectivity index (χ0) is 20.5. The molecule has 29 heavy (non-hydrogen) atoms. The number of nitriles is 1. The van der Waals surface area contributed by atoms with Gasteiger partial charge in [0.2, 0.25) is 17.1 Å². The molecule has 1 aliphatic heterocycles. The Morgan fingerprint density at radius 2 is 1.90 bits per heavy atom. The maximum absolute atomic E-state index is 12.9. The van der Waals surface area contributed by atoms with Crippen LogP contribution in [-0.4, -0.2) is 58.1 Å². The molecular formula is C18H16ClN7O3. The van der Waals surface area contributed by atoms with Gasteiger partial charge in [-0.05, 0) is 35.9 Å². The highest BCUT2D eigenvalue weighted by Gasteiger charge is 2.30. The van der Waals surface area contributed by atoms with Crippen LogP contribution in [0, 0.1) is 11.3 Å². The van der Waals surface area contributed by atoms with E-state index in [1.54, 1.807) is 43.3 Å². The first-order chi connectivity index (χ1) is 14.0. The number of nitrogens with zero attached hydrogens (tertiary/aromatic N) is 7. The highest BCUT2D eigenvalue weighted by Crippen LogP contribution is 2.28. The summed E-state index contributed by atoms with van der Waals surface area (Å²) >= 11 is 6.32. The fourth-order valence-electron chi connectivity index (χ4n) is 2.91. The van der Waals surface area contributed by atoms with Gasteiger partial charge in [-0.3, -0.25) is 9.36 Å². The molecule has 10 nitrogen and oxygen atoms in total. The van der Waals surface area contributed by atoms with Crippen LogP contribution in [0.3, 0.4) is 0 Å². The number of hydrogen-bond acceptors (Lipinski definition) is 8. The van der Waals surface area contributed by atoms with E-state index in [0.29, 0.717) is 28.5 Å². The lowest BCUT2D eigenvalue weighted by atomic mass is 10.1. The van der Waals surface area contributed by atoms with E-state index in [1.165, 1.54) is 9.47 Å². The second-order valence-corrected chi connectivity index (χ2v) is 6.83. The number of rotatable bonds is 3. The van der Waals surface area contributed by atoms with Gasteiger partial charge < -0.3 is 19.0 Å². The van der Waals surface area contributed by atoms with Gasteiger partial charge >= 0.3 is 0 Å². The highest BCUT2D eigenvalue weighted by atomic mass is 35.5. The Kier molecular flexibility index (Phi) is 4.92. The molecule has 0 unspecified atom stereocenters. The van der Waals surface area contributed by atoms with Gasteiger partial charge in [0.15, 0.2) is 11.5 Å². The Labute approximate surface area is 170 Å². The number of anilines is 1. The molecule has 0 aliphatic carbocycles. The summed E-state index contributed by atoms with van der Waals surface area (Å²) in [7, 11) is 3.40. The Morgan fingerprint density at radius 1 is 1.17 bits per heavy atom. The minimum atomic E-state index is -0.280. The number of hydrogen-bond donors (Lipinski definition) is 0. The molecule has 3 heterocycles. The maximum Gasteiger partial charge on any atom is 0.276 e. The summed E-state index contributed by atoms with van der Waals surface area (Å²) in [5.74, 6) is 0.705. The third-order valence-electron chi connectivity index (χ3n) is 4.40. The molecule has 11 heteroatoms. The van der Waals surface area contributed by atoms with E-state index in [2.05, 4.69) is 21.3 Å². The normalized spacial score (nSPS) is 14.3. The number of carbonyl (C=O) groups excluding carboxylic acids is 1. The van der Waals surface area contributed by atoms with Crippen molar-refractivity contribution in [1.29, 1.82) is 5.26 Å². The second-order valence-electron chi connectivity index (χ2n) is 6.49. The van der Waals surface area contributed by atoms with Crippen molar-refractivity contribution in [3.8, 4) is 17.5 Å². The van der Waals surface area contributed by atoms with Crippen LogP contribution in [0.25, 0.3) is 11.5 Å². The summed E-state index contributed by atoms with van der Waals surface area (Å²) in [4.78, 5) is 20.3. The minimum Gasteiger partial charge on any atom is -0.419 e. The minimum absolute atomic E-state index is 0.0821. The van der Waals surface area contributed by atoms with E-state index in [0.717, 1.165) is 0 Å². The van der Waals surface area contributed by atoms with Crippen LogP contribution in [0.4, 0.5) is 5.82 Å². The van der Waals surface area contributed by atoms with E-state index in [-0.39, 0.29) is 37.1 Å². The fourth-order valence-corrected chi connectivity index (χ4v) is 3.13. The van der Waals surface area contributed by atoms with Gasteiger partial charge in [0, 0.05) is 19.7 Å². The Bertz CT molecular complexity index is 1100. The number of fused-ring (bicyclic) bond motifs is 1. The Hall–Kier alpha value is -3.42. The summed E-state index contributed by atoms with van der Waals surface area (Å²) < 4.78 is 12.7. The Balaban J connectivity index is 1.67. The lowest BCUT2D eigenvalue weighted by molar-refractivity contribution is 0.0312. The molecule has 3 aromatic rings. The number of halogens is 1. The predicted molar refractivity (Wildman–Crippen MR) is 102 cm³/mol. The summed E-state index contributed by atoms with van der Waals surface area (Å²) in [6, 6.07) is 8.84. The molecule has 0 bridgehead atoms. The zero-order valence-corrected chi connectivity index (χ0v) is 16.4. The fraction of sp³-hybridized carbons (Fsp3) is 0.278. The lowest BCUT2D eigenvalue weighted by Crippen LogP contribution is -2.37. The number of carbonyl (C=O) groups is 1. The number of amides is 1. The summed E-state index contributed by atoms with van der Waals surface area (Å²) in [5.41, 5.74) is 1.54. The predicted octanol–water partition coefficient (Wildman–Crippen LogP) is 1.96. The molecule has 0 spiro atoms. The van der Waals surface area contributed by atoms with Crippen molar-refractivity contribution >= 4 is 23.3 Å². The first-order valence-electron chi connectivity index (χ1n) is 8.61. The van der Waals surface area contributed by atoms with E-state index < -0.39 is 0 Å². The quantitative estimate of drug-likeness (QED) is 0.640. The third-order valence-corrected chi connectivity index (χ3v) is 4.69. The molecule has 0 N–H and O–H groups in total. The maximum atomic E-state index is 12.9. The van der Waals surface area contributed by atoms with Crippen LogP contribution in [0.2, 0.25) is 5.28 Å².